The number of carboxylic acid groups (broad SMARTS) is 1. The monoisotopic (exact) mass is 300 g/mol. The molecule has 0 bridgehead atoms. The van der Waals surface area contributed by atoms with Gasteiger partial charge in [0, 0.05) is 25.3 Å². The number of carbonyl (C=O) groups is 2. The largest absolute Gasteiger partial charge is 0.481 e. The summed E-state index contributed by atoms with van der Waals surface area (Å²) in [5.41, 5.74) is -1.11. The zero-order valence-corrected chi connectivity index (χ0v) is 13.3. The van der Waals surface area contributed by atoms with Crippen molar-refractivity contribution in [1.82, 2.24) is 10.6 Å². The van der Waals surface area contributed by atoms with Crippen LogP contribution in [0.25, 0.3) is 0 Å². The number of aliphatic carboxylic acids is 1. The summed E-state index contributed by atoms with van der Waals surface area (Å²) in [6.07, 6.45) is 3.42. The van der Waals surface area contributed by atoms with Gasteiger partial charge >= 0.3 is 12.0 Å². The third-order valence-corrected chi connectivity index (χ3v) is 4.90. The highest BCUT2D eigenvalue weighted by molar-refractivity contribution is 5.78. The molecule has 2 amide bonds. The zero-order valence-electron chi connectivity index (χ0n) is 13.3. The van der Waals surface area contributed by atoms with Crippen molar-refractivity contribution in [3.05, 3.63) is 0 Å². The van der Waals surface area contributed by atoms with Gasteiger partial charge in [0.05, 0.1) is 5.41 Å². The van der Waals surface area contributed by atoms with Crippen LogP contribution in [0.1, 0.15) is 52.9 Å². The first-order valence-electron chi connectivity index (χ1n) is 7.81. The van der Waals surface area contributed by atoms with E-state index in [1.165, 1.54) is 0 Å². The first kappa shape index (κ1) is 17.8. The van der Waals surface area contributed by atoms with E-state index in [0.29, 0.717) is 26.1 Å². The molecular weight excluding hydrogens is 272 g/mol. The van der Waals surface area contributed by atoms with Gasteiger partial charge < -0.3 is 20.5 Å². The Morgan fingerprint density at radius 2 is 1.67 bits per heavy atom. The lowest BCUT2D eigenvalue weighted by atomic mass is 9.80. The minimum Gasteiger partial charge on any atom is -0.481 e. The van der Waals surface area contributed by atoms with E-state index in [1.54, 1.807) is 0 Å². The third-order valence-electron chi connectivity index (χ3n) is 4.90. The Kier molecular flexibility index (Phi) is 6.45. The average Bonchev–Trinajstić information content (AvgIpc) is 2.51. The van der Waals surface area contributed by atoms with Crippen molar-refractivity contribution in [3.63, 3.8) is 0 Å². The van der Waals surface area contributed by atoms with E-state index in [0.717, 1.165) is 19.3 Å². The third kappa shape index (κ3) is 4.33. The molecule has 1 aliphatic heterocycles. The second-order valence-corrected chi connectivity index (χ2v) is 5.85. The van der Waals surface area contributed by atoms with Gasteiger partial charge in [0.1, 0.15) is 0 Å². The number of hydrogen-bond acceptors (Lipinski definition) is 3. The Hall–Kier alpha value is -1.30. The highest BCUT2D eigenvalue weighted by atomic mass is 16.5. The van der Waals surface area contributed by atoms with Crippen molar-refractivity contribution < 1.29 is 19.4 Å². The number of rotatable bonds is 7. The maximum Gasteiger partial charge on any atom is 0.315 e. The van der Waals surface area contributed by atoms with E-state index in [4.69, 9.17) is 4.74 Å². The molecule has 1 saturated heterocycles. The SMILES string of the molecule is CCC(CC)(CC)NC(=O)NCC1(C(=O)O)CCOCC1. The van der Waals surface area contributed by atoms with Crippen molar-refractivity contribution in [2.75, 3.05) is 19.8 Å². The Balaban J connectivity index is 2.60. The van der Waals surface area contributed by atoms with Crippen LogP contribution in [-0.4, -0.2) is 42.4 Å². The summed E-state index contributed by atoms with van der Waals surface area (Å²) in [4.78, 5) is 23.6. The fraction of sp³-hybridized carbons (Fsp3) is 0.867. The molecule has 0 aromatic carbocycles. The Bertz CT molecular complexity index is 352. The Morgan fingerprint density at radius 3 is 2.10 bits per heavy atom. The van der Waals surface area contributed by atoms with Gasteiger partial charge in [-0.05, 0) is 32.1 Å². The van der Waals surface area contributed by atoms with Gasteiger partial charge in [0.15, 0.2) is 0 Å². The molecule has 1 heterocycles. The Morgan fingerprint density at radius 1 is 1.14 bits per heavy atom. The van der Waals surface area contributed by atoms with Gasteiger partial charge in [-0.3, -0.25) is 4.79 Å². The molecule has 3 N–H and O–H groups in total. The number of urea groups is 1. The van der Waals surface area contributed by atoms with Crippen molar-refractivity contribution in [1.29, 1.82) is 0 Å². The second kappa shape index (κ2) is 7.64. The quantitative estimate of drug-likeness (QED) is 0.672. The molecule has 1 aliphatic rings. The minimum absolute atomic E-state index is 0.144. The summed E-state index contributed by atoms with van der Waals surface area (Å²) in [6.45, 7) is 7.14. The maximum atomic E-state index is 12.1. The second-order valence-electron chi connectivity index (χ2n) is 5.85. The molecule has 0 saturated carbocycles. The summed E-state index contributed by atoms with van der Waals surface area (Å²) in [5.74, 6) is -0.862. The molecule has 0 atom stereocenters. The van der Waals surface area contributed by atoms with E-state index < -0.39 is 11.4 Å². The predicted octanol–water partition coefficient (Wildman–Crippen LogP) is 2.14. The van der Waals surface area contributed by atoms with Gasteiger partial charge in [-0.2, -0.15) is 0 Å². The summed E-state index contributed by atoms with van der Waals surface area (Å²) in [6, 6.07) is -0.285. The van der Waals surface area contributed by atoms with Crippen LogP contribution in [0.2, 0.25) is 0 Å². The number of hydrogen-bond donors (Lipinski definition) is 3. The Labute approximate surface area is 126 Å². The lowest BCUT2D eigenvalue weighted by molar-refractivity contribution is -0.154. The van der Waals surface area contributed by atoms with Crippen LogP contribution in [0.15, 0.2) is 0 Å². The molecule has 1 fully saturated rings. The van der Waals surface area contributed by atoms with Crippen molar-refractivity contribution >= 4 is 12.0 Å². The smallest absolute Gasteiger partial charge is 0.315 e. The fourth-order valence-corrected chi connectivity index (χ4v) is 2.78. The van der Waals surface area contributed by atoms with E-state index in [9.17, 15) is 14.7 Å². The summed E-state index contributed by atoms with van der Waals surface area (Å²) >= 11 is 0. The van der Waals surface area contributed by atoms with Gasteiger partial charge in [0.2, 0.25) is 0 Å². The molecule has 0 radical (unpaired) electrons. The van der Waals surface area contributed by atoms with Gasteiger partial charge in [-0.1, -0.05) is 20.8 Å². The minimum atomic E-state index is -0.900. The van der Waals surface area contributed by atoms with Crippen LogP contribution in [0, 0.1) is 5.41 Å². The van der Waals surface area contributed by atoms with Gasteiger partial charge in [0.25, 0.3) is 0 Å². The molecule has 21 heavy (non-hydrogen) atoms. The summed E-state index contributed by atoms with van der Waals surface area (Å²) < 4.78 is 5.22. The van der Waals surface area contributed by atoms with E-state index in [-0.39, 0.29) is 18.1 Å². The van der Waals surface area contributed by atoms with Crippen molar-refractivity contribution in [2.24, 2.45) is 5.41 Å². The van der Waals surface area contributed by atoms with E-state index in [1.807, 2.05) is 20.8 Å². The zero-order chi connectivity index (χ0) is 15.9. The van der Waals surface area contributed by atoms with E-state index >= 15 is 0 Å². The van der Waals surface area contributed by atoms with Gasteiger partial charge in [-0.25, -0.2) is 4.79 Å². The average molecular weight is 300 g/mol. The molecule has 6 nitrogen and oxygen atoms in total. The lowest BCUT2D eigenvalue weighted by Crippen LogP contribution is -2.54. The molecule has 6 heteroatoms. The number of carboxylic acids is 1. The summed E-state index contributed by atoms with van der Waals surface area (Å²) in [7, 11) is 0. The first-order chi connectivity index (χ1) is 9.93. The molecule has 122 valence electrons. The van der Waals surface area contributed by atoms with Crippen LogP contribution in [0.5, 0.6) is 0 Å². The van der Waals surface area contributed by atoms with Crippen LogP contribution < -0.4 is 10.6 Å². The number of carbonyl (C=O) groups excluding carboxylic acids is 1. The summed E-state index contributed by atoms with van der Waals surface area (Å²) in [5, 5.41) is 15.2. The van der Waals surface area contributed by atoms with Crippen molar-refractivity contribution in [3.8, 4) is 0 Å². The topological polar surface area (TPSA) is 87.7 Å². The van der Waals surface area contributed by atoms with Crippen LogP contribution >= 0.6 is 0 Å². The standard InChI is InChI=1S/C15H28N2O4/c1-4-15(5-2,6-3)17-13(20)16-11-14(12(18)19)7-9-21-10-8-14/h4-11H2,1-3H3,(H,18,19)(H2,16,17,20). The van der Waals surface area contributed by atoms with Crippen molar-refractivity contribution in [2.45, 2.75) is 58.4 Å². The maximum absolute atomic E-state index is 12.1. The highest BCUT2D eigenvalue weighted by Gasteiger charge is 2.40. The van der Waals surface area contributed by atoms with Crippen LogP contribution in [0.3, 0.4) is 0 Å². The van der Waals surface area contributed by atoms with E-state index in [2.05, 4.69) is 10.6 Å². The van der Waals surface area contributed by atoms with Gasteiger partial charge in [-0.15, -0.1) is 0 Å². The lowest BCUT2D eigenvalue weighted by Gasteiger charge is -2.35. The van der Waals surface area contributed by atoms with Crippen LogP contribution in [0.4, 0.5) is 4.79 Å². The molecule has 0 aromatic rings. The number of nitrogens with one attached hydrogen (secondary N) is 2. The normalized spacial score (nSPS) is 18.0. The highest BCUT2D eigenvalue weighted by Crippen LogP contribution is 2.30. The molecule has 0 aromatic heterocycles. The number of ether oxygens (including phenoxy) is 1. The molecule has 0 aliphatic carbocycles. The molecule has 0 unspecified atom stereocenters. The molecule has 0 spiro atoms. The fourth-order valence-electron chi connectivity index (χ4n) is 2.78. The number of amides is 2. The first-order valence-corrected chi connectivity index (χ1v) is 7.81. The van der Waals surface area contributed by atoms with Crippen LogP contribution in [-0.2, 0) is 9.53 Å². The molecule has 1 rings (SSSR count). The predicted molar refractivity (Wildman–Crippen MR) is 80.3 cm³/mol. The molecular formula is C15H28N2O4.